The lowest BCUT2D eigenvalue weighted by molar-refractivity contribution is 1.23. The molecule has 1 aromatic rings. The third kappa shape index (κ3) is 3.55. The van der Waals surface area contributed by atoms with E-state index < -0.39 is 0 Å². The van der Waals surface area contributed by atoms with Gasteiger partial charge in [0.05, 0.1) is 15.7 Å². The Bertz CT molecular complexity index is 310. The fraction of sp³-hybridized carbons (Fsp3) is 0.222. The van der Waals surface area contributed by atoms with Gasteiger partial charge in [0, 0.05) is 12.1 Å². The Kier molecular flexibility index (Phi) is 4.57. The largest absolute Gasteiger partial charge is 0.254 e. The van der Waals surface area contributed by atoms with E-state index in [0.29, 0.717) is 15.9 Å². The number of allylic oxidation sites excluding steroid dienone is 1. The number of pyridine rings is 1. The molecule has 0 saturated carbocycles. The monoisotopic (exact) mass is 235 g/mol. The minimum Gasteiger partial charge on any atom is -0.254 e. The van der Waals surface area contributed by atoms with Crippen LogP contribution < -0.4 is 0 Å². The second kappa shape index (κ2) is 5.48. The molecule has 0 unspecified atom stereocenters. The van der Waals surface area contributed by atoms with Gasteiger partial charge in [0.15, 0.2) is 0 Å². The highest BCUT2D eigenvalue weighted by Crippen LogP contribution is 2.19. The maximum atomic E-state index is 5.88. The lowest BCUT2D eigenvalue weighted by Crippen LogP contribution is -1.81. The van der Waals surface area contributed by atoms with Crippen molar-refractivity contribution in [2.45, 2.75) is 6.42 Å². The first-order chi connectivity index (χ1) is 6.24. The highest BCUT2D eigenvalue weighted by Gasteiger charge is 1.97. The molecule has 0 aliphatic carbocycles. The molecule has 0 amide bonds. The minimum atomic E-state index is 0.541. The summed E-state index contributed by atoms with van der Waals surface area (Å²) in [5.74, 6) is 0.599. The van der Waals surface area contributed by atoms with Crippen molar-refractivity contribution in [1.29, 1.82) is 0 Å². The summed E-state index contributed by atoms with van der Waals surface area (Å²) in [6.45, 7) is 0. The van der Waals surface area contributed by atoms with Crippen molar-refractivity contribution in [1.82, 2.24) is 4.98 Å². The van der Waals surface area contributed by atoms with Crippen LogP contribution in [-0.2, 0) is 0 Å². The maximum absolute atomic E-state index is 5.88. The molecule has 1 heterocycles. The summed E-state index contributed by atoms with van der Waals surface area (Å²) in [6, 6.07) is 1.66. The van der Waals surface area contributed by atoms with Gasteiger partial charge in [0.2, 0.25) is 0 Å². The van der Waals surface area contributed by atoms with Crippen molar-refractivity contribution in [2.75, 3.05) is 5.88 Å². The molecule has 0 atom stereocenters. The molecule has 0 radical (unpaired) electrons. The standard InChI is InChI=1S/C9H8Cl3N/c10-4-2-1-3-9-8(12)5-7(11)6-13-9/h1,3,5-6H,2,4H2. The van der Waals surface area contributed by atoms with E-state index in [1.807, 2.05) is 12.2 Å². The lowest BCUT2D eigenvalue weighted by Gasteiger charge is -1.96. The maximum Gasteiger partial charge on any atom is 0.0813 e. The van der Waals surface area contributed by atoms with Crippen molar-refractivity contribution in [3.8, 4) is 0 Å². The number of aromatic nitrogens is 1. The number of nitrogens with zero attached hydrogens (tertiary/aromatic N) is 1. The van der Waals surface area contributed by atoms with Gasteiger partial charge in [-0.25, -0.2) is 0 Å². The molecule has 1 rings (SSSR count). The highest BCUT2D eigenvalue weighted by molar-refractivity contribution is 6.35. The Labute approximate surface area is 92.3 Å². The highest BCUT2D eigenvalue weighted by atomic mass is 35.5. The summed E-state index contributed by atoms with van der Waals surface area (Å²) in [4.78, 5) is 4.06. The van der Waals surface area contributed by atoms with Gasteiger partial charge in [0.25, 0.3) is 0 Å². The average molecular weight is 237 g/mol. The van der Waals surface area contributed by atoms with Crippen LogP contribution in [0, 0.1) is 0 Å². The molecule has 0 bridgehead atoms. The number of rotatable bonds is 3. The molecule has 13 heavy (non-hydrogen) atoms. The Hall–Kier alpha value is -0.240. The van der Waals surface area contributed by atoms with Crippen LogP contribution in [-0.4, -0.2) is 10.9 Å². The van der Waals surface area contributed by atoms with E-state index in [1.165, 1.54) is 0 Å². The van der Waals surface area contributed by atoms with Crippen molar-refractivity contribution >= 4 is 40.9 Å². The quantitative estimate of drug-likeness (QED) is 0.722. The van der Waals surface area contributed by atoms with Crippen LogP contribution in [0.4, 0.5) is 0 Å². The normalized spacial score (nSPS) is 11.0. The first kappa shape index (κ1) is 10.8. The third-order valence-corrected chi connectivity index (χ3v) is 2.12. The zero-order chi connectivity index (χ0) is 9.68. The Morgan fingerprint density at radius 1 is 1.38 bits per heavy atom. The summed E-state index contributed by atoms with van der Waals surface area (Å²) in [6.07, 6.45) is 6.13. The first-order valence-corrected chi connectivity index (χ1v) is 5.06. The SMILES string of the molecule is ClCCC=Cc1ncc(Cl)cc1Cl. The predicted octanol–water partition coefficient (Wildman–Crippen LogP) is 4.03. The van der Waals surface area contributed by atoms with Crippen LogP contribution in [0.15, 0.2) is 18.3 Å². The second-order valence-corrected chi connectivity index (χ2v) is 3.62. The van der Waals surface area contributed by atoms with Gasteiger partial charge < -0.3 is 0 Å². The van der Waals surface area contributed by atoms with Crippen LogP contribution in [0.5, 0.6) is 0 Å². The van der Waals surface area contributed by atoms with Gasteiger partial charge in [-0.3, -0.25) is 4.98 Å². The topological polar surface area (TPSA) is 12.9 Å². The van der Waals surface area contributed by atoms with E-state index in [9.17, 15) is 0 Å². The molecular formula is C9H8Cl3N. The van der Waals surface area contributed by atoms with Gasteiger partial charge in [-0.15, -0.1) is 11.6 Å². The van der Waals surface area contributed by atoms with E-state index in [2.05, 4.69) is 4.98 Å². The van der Waals surface area contributed by atoms with Crippen LogP contribution >= 0.6 is 34.8 Å². The molecule has 0 aliphatic heterocycles. The van der Waals surface area contributed by atoms with Crippen LogP contribution in [0.1, 0.15) is 12.1 Å². The van der Waals surface area contributed by atoms with E-state index >= 15 is 0 Å². The molecule has 1 nitrogen and oxygen atoms in total. The Morgan fingerprint density at radius 2 is 2.15 bits per heavy atom. The van der Waals surface area contributed by atoms with Crippen molar-refractivity contribution in [2.24, 2.45) is 0 Å². The number of alkyl halides is 1. The molecule has 4 heteroatoms. The van der Waals surface area contributed by atoms with Crippen LogP contribution in [0.2, 0.25) is 10.0 Å². The van der Waals surface area contributed by atoms with Gasteiger partial charge in [-0.2, -0.15) is 0 Å². The summed E-state index contributed by atoms with van der Waals surface area (Å²) in [7, 11) is 0. The molecule has 0 fully saturated rings. The second-order valence-electron chi connectivity index (χ2n) is 2.40. The Morgan fingerprint density at radius 3 is 2.77 bits per heavy atom. The number of halogens is 3. The molecular weight excluding hydrogens is 228 g/mol. The third-order valence-electron chi connectivity index (χ3n) is 1.39. The molecule has 0 aromatic carbocycles. The summed E-state index contributed by atoms with van der Waals surface area (Å²) >= 11 is 17.1. The molecule has 0 spiro atoms. The van der Waals surface area contributed by atoms with E-state index in [0.717, 1.165) is 12.1 Å². The lowest BCUT2D eigenvalue weighted by atomic mass is 10.3. The summed E-state index contributed by atoms with van der Waals surface area (Å²) in [5.41, 5.74) is 0.719. The van der Waals surface area contributed by atoms with Gasteiger partial charge in [-0.05, 0) is 18.6 Å². The smallest absolute Gasteiger partial charge is 0.0813 e. The van der Waals surface area contributed by atoms with Gasteiger partial charge in [0.1, 0.15) is 0 Å². The first-order valence-electron chi connectivity index (χ1n) is 3.77. The number of hydrogen-bond acceptors (Lipinski definition) is 1. The molecule has 70 valence electrons. The zero-order valence-corrected chi connectivity index (χ0v) is 9.07. The van der Waals surface area contributed by atoms with E-state index in [4.69, 9.17) is 34.8 Å². The van der Waals surface area contributed by atoms with E-state index in [-0.39, 0.29) is 0 Å². The van der Waals surface area contributed by atoms with E-state index in [1.54, 1.807) is 12.3 Å². The Balaban J connectivity index is 2.77. The van der Waals surface area contributed by atoms with Crippen molar-refractivity contribution < 1.29 is 0 Å². The summed E-state index contributed by atoms with van der Waals surface area (Å²) in [5, 5.41) is 1.10. The average Bonchev–Trinajstić information content (AvgIpc) is 2.09. The van der Waals surface area contributed by atoms with Crippen LogP contribution in [0.3, 0.4) is 0 Å². The molecule has 0 N–H and O–H groups in total. The fourth-order valence-corrected chi connectivity index (χ4v) is 1.37. The molecule has 0 saturated heterocycles. The fourth-order valence-electron chi connectivity index (χ4n) is 0.806. The van der Waals surface area contributed by atoms with Gasteiger partial charge in [-0.1, -0.05) is 29.3 Å². The molecule has 0 aliphatic rings. The van der Waals surface area contributed by atoms with Crippen molar-refractivity contribution in [3.05, 3.63) is 34.1 Å². The zero-order valence-electron chi connectivity index (χ0n) is 6.80. The summed E-state index contributed by atoms with van der Waals surface area (Å²) < 4.78 is 0. The van der Waals surface area contributed by atoms with Crippen LogP contribution in [0.25, 0.3) is 6.08 Å². The van der Waals surface area contributed by atoms with Crippen molar-refractivity contribution in [3.63, 3.8) is 0 Å². The number of hydrogen-bond donors (Lipinski definition) is 0. The predicted molar refractivity (Wildman–Crippen MR) is 58.6 cm³/mol. The van der Waals surface area contributed by atoms with Gasteiger partial charge >= 0.3 is 0 Å². The molecule has 1 aromatic heterocycles. The minimum absolute atomic E-state index is 0.541.